The molecule has 2 fully saturated rings. The lowest BCUT2D eigenvalue weighted by molar-refractivity contribution is -0.164. The van der Waals surface area contributed by atoms with Crippen LogP contribution in [0.4, 0.5) is 0 Å². The fourth-order valence-corrected chi connectivity index (χ4v) is 3.64. The first-order valence-corrected chi connectivity index (χ1v) is 7.95. The van der Waals surface area contributed by atoms with Crippen molar-refractivity contribution in [1.29, 1.82) is 0 Å². The van der Waals surface area contributed by atoms with Crippen molar-refractivity contribution in [2.45, 2.75) is 38.1 Å². The van der Waals surface area contributed by atoms with Crippen LogP contribution in [0, 0.1) is 0 Å². The number of hydrogen-bond acceptors (Lipinski definition) is 4. The molecular formula is C17H22N2O4. The van der Waals surface area contributed by atoms with Crippen LogP contribution in [0.25, 0.3) is 0 Å². The van der Waals surface area contributed by atoms with E-state index in [0.717, 1.165) is 19.6 Å². The van der Waals surface area contributed by atoms with E-state index < -0.39 is 17.7 Å². The molecule has 0 aliphatic carbocycles. The predicted molar refractivity (Wildman–Crippen MR) is 83.6 cm³/mol. The number of rotatable bonds is 3. The number of carboxylic acids is 1. The Morgan fingerprint density at radius 3 is 2.48 bits per heavy atom. The third kappa shape index (κ3) is 3.09. The van der Waals surface area contributed by atoms with E-state index in [1.54, 1.807) is 0 Å². The van der Waals surface area contributed by atoms with Gasteiger partial charge in [0.05, 0.1) is 6.61 Å². The first-order valence-electron chi connectivity index (χ1n) is 7.95. The predicted octanol–water partition coefficient (Wildman–Crippen LogP) is 1.31. The first kappa shape index (κ1) is 16.0. The molecule has 2 aliphatic heterocycles. The number of piperidine rings is 1. The van der Waals surface area contributed by atoms with Crippen LogP contribution >= 0.6 is 0 Å². The Hall–Kier alpha value is -1.92. The van der Waals surface area contributed by atoms with Crippen LogP contribution < -0.4 is 0 Å². The van der Waals surface area contributed by atoms with Gasteiger partial charge in [-0.2, -0.15) is 0 Å². The van der Waals surface area contributed by atoms with Gasteiger partial charge < -0.3 is 9.84 Å². The van der Waals surface area contributed by atoms with Crippen molar-refractivity contribution in [3.8, 4) is 0 Å². The molecule has 3 rings (SSSR count). The van der Waals surface area contributed by atoms with Gasteiger partial charge in [0.2, 0.25) is 5.91 Å². The summed E-state index contributed by atoms with van der Waals surface area (Å²) in [6, 6.07) is 9.37. The summed E-state index contributed by atoms with van der Waals surface area (Å²) in [6.45, 7) is 3.92. The Morgan fingerprint density at radius 1 is 1.26 bits per heavy atom. The molecule has 0 bridgehead atoms. The van der Waals surface area contributed by atoms with E-state index in [9.17, 15) is 14.7 Å². The first-order chi connectivity index (χ1) is 11.0. The number of carbonyl (C=O) groups is 2. The molecule has 0 unspecified atom stereocenters. The lowest BCUT2D eigenvalue weighted by Gasteiger charge is -2.44. The van der Waals surface area contributed by atoms with E-state index in [1.807, 2.05) is 18.2 Å². The number of benzene rings is 1. The Labute approximate surface area is 135 Å². The zero-order valence-electron chi connectivity index (χ0n) is 13.3. The van der Waals surface area contributed by atoms with Crippen molar-refractivity contribution in [2.24, 2.45) is 0 Å². The van der Waals surface area contributed by atoms with Crippen molar-refractivity contribution >= 4 is 11.9 Å². The van der Waals surface area contributed by atoms with Crippen molar-refractivity contribution in [3.63, 3.8) is 0 Å². The normalized spacial score (nSPS) is 24.0. The number of carboxylic acid groups (broad SMARTS) is 1. The highest BCUT2D eigenvalue weighted by atomic mass is 16.5. The number of hydrogen-bond donors (Lipinski definition) is 1. The fourth-order valence-electron chi connectivity index (χ4n) is 3.64. The van der Waals surface area contributed by atoms with Crippen LogP contribution in [-0.4, -0.2) is 58.2 Å². The standard InChI is InChI=1S/C17H22N2O4/c1-13(20)19-15(16(21)22)12-23-17(19)7-9-18(10-8-17)11-14-5-3-2-4-6-14/h2-6,15H,7-12H2,1H3,(H,21,22)/t15-/m0/s1. The van der Waals surface area contributed by atoms with Gasteiger partial charge in [0, 0.05) is 39.4 Å². The molecule has 0 saturated carbocycles. The third-order valence-corrected chi connectivity index (χ3v) is 4.77. The Kier molecular flexibility index (Phi) is 4.37. The number of ether oxygens (including phenoxy) is 1. The molecule has 2 saturated heterocycles. The van der Waals surface area contributed by atoms with Gasteiger partial charge >= 0.3 is 5.97 Å². The zero-order chi connectivity index (χ0) is 16.4. The van der Waals surface area contributed by atoms with Crippen molar-refractivity contribution in [1.82, 2.24) is 9.80 Å². The van der Waals surface area contributed by atoms with E-state index in [2.05, 4.69) is 17.0 Å². The highest BCUT2D eigenvalue weighted by molar-refractivity contribution is 5.83. The van der Waals surface area contributed by atoms with Crippen molar-refractivity contribution in [2.75, 3.05) is 19.7 Å². The molecule has 1 N–H and O–H groups in total. The van der Waals surface area contributed by atoms with E-state index >= 15 is 0 Å². The number of carbonyl (C=O) groups excluding carboxylic acids is 1. The molecule has 0 radical (unpaired) electrons. The summed E-state index contributed by atoms with van der Waals surface area (Å²) in [7, 11) is 0. The minimum atomic E-state index is -0.996. The summed E-state index contributed by atoms with van der Waals surface area (Å²) in [5, 5.41) is 9.31. The van der Waals surface area contributed by atoms with Gasteiger partial charge in [-0.3, -0.25) is 14.6 Å². The molecule has 1 amide bonds. The second-order valence-corrected chi connectivity index (χ2v) is 6.26. The van der Waals surface area contributed by atoms with Crippen LogP contribution in [0.3, 0.4) is 0 Å². The van der Waals surface area contributed by atoms with Crippen LogP contribution in [0.15, 0.2) is 30.3 Å². The van der Waals surface area contributed by atoms with E-state index in [1.165, 1.54) is 17.4 Å². The summed E-state index contributed by atoms with van der Waals surface area (Å²) in [4.78, 5) is 27.1. The molecule has 124 valence electrons. The highest BCUT2D eigenvalue weighted by Crippen LogP contribution is 2.37. The minimum Gasteiger partial charge on any atom is -0.480 e. The number of amides is 1. The van der Waals surface area contributed by atoms with Gasteiger partial charge in [-0.05, 0) is 5.56 Å². The molecule has 2 aliphatic rings. The van der Waals surface area contributed by atoms with Gasteiger partial charge in [0.25, 0.3) is 0 Å². The number of aliphatic carboxylic acids is 1. The molecule has 2 heterocycles. The summed E-state index contributed by atoms with van der Waals surface area (Å²) < 4.78 is 5.83. The van der Waals surface area contributed by atoms with Gasteiger partial charge in [-0.1, -0.05) is 30.3 Å². The van der Waals surface area contributed by atoms with E-state index in [-0.39, 0.29) is 12.5 Å². The molecular weight excluding hydrogens is 296 g/mol. The van der Waals surface area contributed by atoms with Crippen LogP contribution in [0.1, 0.15) is 25.3 Å². The molecule has 23 heavy (non-hydrogen) atoms. The third-order valence-electron chi connectivity index (χ3n) is 4.77. The van der Waals surface area contributed by atoms with Crippen LogP contribution in [0.5, 0.6) is 0 Å². The average Bonchev–Trinajstić information content (AvgIpc) is 2.90. The molecule has 6 nitrogen and oxygen atoms in total. The summed E-state index contributed by atoms with van der Waals surface area (Å²) >= 11 is 0. The summed E-state index contributed by atoms with van der Waals surface area (Å²) in [6.07, 6.45) is 1.28. The second-order valence-electron chi connectivity index (χ2n) is 6.26. The zero-order valence-corrected chi connectivity index (χ0v) is 13.3. The average molecular weight is 318 g/mol. The maximum Gasteiger partial charge on any atom is 0.328 e. The molecule has 1 aromatic rings. The maximum absolute atomic E-state index is 12.0. The molecule has 0 aromatic heterocycles. The van der Waals surface area contributed by atoms with Gasteiger partial charge in [-0.25, -0.2) is 4.79 Å². The second kappa shape index (κ2) is 6.29. The Balaban J connectivity index is 1.67. The molecule has 1 aromatic carbocycles. The molecule has 1 spiro atoms. The molecule has 6 heteroatoms. The maximum atomic E-state index is 12.0. The van der Waals surface area contributed by atoms with E-state index in [4.69, 9.17) is 4.74 Å². The van der Waals surface area contributed by atoms with Crippen LogP contribution in [0.2, 0.25) is 0 Å². The van der Waals surface area contributed by atoms with Gasteiger partial charge in [-0.15, -0.1) is 0 Å². The lowest BCUT2D eigenvalue weighted by atomic mass is 9.97. The Bertz CT molecular complexity index is 582. The fraction of sp³-hybridized carbons (Fsp3) is 0.529. The van der Waals surface area contributed by atoms with Gasteiger partial charge in [0.1, 0.15) is 5.72 Å². The smallest absolute Gasteiger partial charge is 0.328 e. The van der Waals surface area contributed by atoms with Gasteiger partial charge in [0.15, 0.2) is 6.04 Å². The summed E-state index contributed by atoms with van der Waals surface area (Å²) in [5.74, 6) is -1.23. The largest absolute Gasteiger partial charge is 0.480 e. The quantitative estimate of drug-likeness (QED) is 0.910. The van der Waals surface area contributed by atoms with Crippen LogP contribution in [-0.2, 0) is 20.9 Å². The number of nitrogens with zero attached hydrogens (tertiary/aromatic N) is 2. The highest BCUT2D eigenvalue weighted by Gasteiger charge is 2.52. The van der Waals surface area contributed by atoms with E-state index in [0.29, 0.717) is 12.8 Å². The topological polar surface area (TPSA) is 70.1 Å². The summed E-state index contributed by atoms with van der Waals surface area (Å²) in [5.41, 5.74) is 0.504. The number of likely N-dealkylation sites (tertiary alicyclic amines) is 1. The lowest BCUT2D eigenvalue weighted by Crippen LogP contribution is -2.57. The minimum absolute atomic E-state index is 0.0770. The Morgan fingerprint density at radius 2 is 1.91 bits per heavy atom. The van der Waals surface area contributed by atoms with Crippen molar-refractivity contribution < 1.29 is 19.4 Å². The monoisotopic (exact) mass is 318 g/mol. The SMILES string of the molecule is CC(=O)N1[C@H](C(=O)O)COC12CCN(Cc1ccccc1)CC2. The van der Waals surface area contributed by atoms with Crippen molar-refractivity contribution in [3.05, 3.63) is 35.9 Å². The molecule has 1 atom stereocenters.